The van der Waals surface area contributed by atoms with Gasteiger partial charge in [-0.3, -0.25) is 4.79 Å². The third kappa shape index (κ3) is 10.2. The van der Waals surface area contributed by atoms with Gasteiger partial charge in [0.05, 0.1) is 24.2 Å². The molecule has 0 aliphatic heterocycles. The maximum Gasteiger partial charge on any atom is 0.407 e. The summed E-state index contributed by atoms with van der Waals surface area (Å²) in [5.74, 6) is -0.604. The molecule has 2 amide bonds. The Morgan fingerprint density at radius 1 is 0.976 bits per heavy atom. The number of carbonyl (C=O) groups is 2. The van der Waals surface area contributed by atoms with E-state index >= 15 is 0 Å². The Morgan fingerprint density at radius 3 is 2.10 bits per heavy atom. The van der Waals surface area contributed by atoms with Crippen molar-refractivity contribution in [1.29, 1.82) is 0 Å². The van der Waals surface area contributed by atoms with Crippen molar-refractivity contribution in [3.8, 4) is 0 Å². The van der Waals surface area contributed by atoms with Crippen LogP contribution >= 0.6 is 0 Å². The first-order valence-electron chi connectivity index (χ1n) is 13.4. The number of sulfonamides is 1. The summed E-state index contributed by atoms with van der Waals surface area (Å²) < 4.78 is 33.2. The van der Waals surface area contributed by atoms with Gasteiger partial charge in [0.1, 0.15) is 12.6 Å². The average molecular weight is 591 g/mol. The molecular formula is C29H42N4O7S. The number of nitrogens with zero attached hydrogens (tertiary/aromatic N) is 2. The SMILES string of the molecule is COC(=O)N[C@H](C(=O)N[C@@H](Cc1ccccc1)[C@H](O)CN(CC(C)C)S(=O)(=O)c1ccc(CN=O)cc1)C(C)(C)C. The Labute approximate surface area is 242 Å². The van der Waals surface area contributed by atoms with Crippen LogP contribution in [0.1, 0.15) is 45.7 Å². The summed E-state index contributed by atoms with van der Waals surface area (Å²) in [4.78, 5) is 36.0. The topological polar surface area (TPSA) is 154 Å². The van der Waals surface area contributed by atoms with Gasteiger partial charge < -0.3 is 20.5 Å². The summed E-state index contributed by atoms with van der Waals surface area (Å²) in [6.07, 6.45) is -1.86. The monoisotopic (exact) mass is 590 g/mol. The zero-order chi connectivity index (χ0) is 30.8. The molecule has 2 aromatic rings. The number of nitrogens with one attached hydrogen (secondary N) is 2. The van der Waals surface area contributed by atoms with E-state index in [1.54, 1.807) is 20.8 Å². The minimum atomic E-state index is -4.04. The molecular weight excluding hydrogens is 548 g/mol. The summed E-state index contributed by atoms with van der Waals surface area (Å²) in [6.45, 7) is 8.83. The van der Waals surface area contributed by atoms with E-state index in [1.165, 1.54) is 35.7 Å². The minimum Gasteiger partial charge on any atom is -0.453 e. The van der Waals surface area contributed by atoms with E-state index in [0.29, 0.717) is 5.56 Å². The highest BCUT2D eigenvalue weighted by Crippen LogP contribution is 2.22. The van der Waals surface area contributed by atoms with Gasteiger partial charge >= 0.3 is 6.09 Å². The van der Waals surface area contributed by atoms with Crippen LogP contribution in [-0.4, -0.2) is 68.2 Å². The molecule has 3 N–H and O–H groups in total. The number of alkyl carbamates (subject to hydrolysis) is 1. The second-order valence-electron chi connectivity index (χ2n) is 11.5. The maximum atomic E-state index is 13.7. The molecule has 0 aliphatic rings. The molecule has 3 atom stereocenters. The lowest BCUT2D eigenvalue weighted by atomic mass is 9.85. The van der Waals surface area contributed by atoms with Gasteiger partial charge in [-0.15, -0.1) is 0 Å². The summed E-state index contributed by atoms with van der Waals surface area (Å²) in [6, 6.07) is 13.2. The molecule has 0 unspecified atom stereocenters. The van der Waals surface area contributed by atoms with E-state index in [-0.39, 0.29) is 36.9 Å². The predicted octanol–water partition coefficient (Wildman–Crippen LogP) is 3.46. The number of methoxy groups -OCH3 is 1. The first-order valence-corrected chi connectivity index (χ1v) is 14.9. The zero-order valence-corrected chi connectivity index (χ0v) is 25.3. The average Bonchev–Trinajstić information content (AvgIpc) is 2.90. The van der Waals surface area contributed by atoms with Crippen LogP contribution in [0.25, 0.3) is 0 Å². The molecule has 0 spiro atoms. The van der Waals surface area contributed by atoms with Crippen LogP contribution in [0, 0.1) is 16.2 Å². The number of carbonyl (C=O) groups excluding carboxylic acids is 2. The standard InChI is InChI=1S/C29H42N4O7S/c1-20(2)18-33(41(38,39)23-14-12-22(13-15-23)17-30-37)19-25(34)24(16-21-10-8-7-9-11-21)31-27(35)26(29(3,4)5)32-28(36)40-6/h7-15,20,24-26,34H,16-19H2,1-6H3,(H,31,35)(H,32,36)/t24-,25+,26+/m0/s1. The van der Waals surface area contributed by atoms with Crippen molar-refractivity contribution in [1.82, 2.24) is 14.9 Å². The number of nitroso groups, excluding NO2 is 1. The maximum absolute atomic E-state index is 13.7. The number of hydrogen-bond donors (Lipinski definition) is 3. The van der Waals surface area contributed by atoms with Gasteiger partial charge in [0.25, 0.3) is 0 Å². The molecule has 0 fully saturated rings. The molecule has 0 radical (unpaired) electrons. The molecule has 2 rings (SSSR count). The van der Waals surface area contributed by atoms with E-state index in [0.717, 1.165) is 5.56 Å². The van der Waals surface area contributed by atoms with Crippen molar-refractivity contribution in [2.75, 3.05) is 20.2 Å². The number of hydrogen-bond acceptors (Lipinski definition) is 8. The molecule has 0 saturated carbocycles. The van der Waals surface area contributed by atoms with Crippen LogP contribution in [0.15, 0.2) is 64.7 Å². The number of ether oxygens (including phenoxy) is 1. The molecule has 226 valence electrons. The normalized spacial score (nSPS) is 14.3. The van der Waals surface area contributed by atoms with Crippen molar-refractivity contribution in [3.63, 3.8) is 0 Å². The van der Waals surface area contributed by atoms with Crippen LogP contribution < -0.4 is 10.6 Å². The Kier molecular flexibility index (Phi) is 12.4. The van der Waals surface area contributed by atoms with Crippen molar-refractivity contribution in [2.24, 2.45) is 16.5 Å². The third-order valence-electron chi connectivity index (χ3n) is 6.43. The van der Waals surface area contributed by atoms with Gasteiger partial charge in [-0.05, 0) is 41.0 Å². The Hall–Kier alpha value is -3.35. The fraction of sp³-hybridized carbons (Fsp3) is 0.517. The van der Waals surface area contributed by atoms with Crippen LogP contribution in [-0.2, 0) is 32.5 Å². The molecule has 0 heterocycles. The largest absolute Gasteiger partial charge is 0.453 e. The van der Waals surface area contributed by atoms with Gasteiger partial charge in [-0.25, -0.2) is 13.2 Å². The second-order valence-corrected chi connectivity index (χ2v) is 13.4. The quantitative estimate of drug-likeness (QED) is 0.285. The third-order valence-corrected chi connectivity index (χ3v) is 8.28. The highest BCUT2D eigenvalue weighted by Gasteiger charge is 2.37. The van der Waals surface area contributed by atoms with Crippen molar-refractivity contribution < 1.29 is 27.9 Å². The minimum absolute atomic E-state index is 0.0127. The number of rotatable bonds is 14. The van der Waals surface area contributed by atoms with Crippen LogP contribution in [0.2, 0.25) is 0 Å². The van der Waals surface area contributed by atoms with Gasteiger partial charge in [0.15, 0.2) is 0 Å². The van der Waals surface area contributed by atoms with Crippen LogP contribution in [0.4, 0.5) is 4.79 Å². The molecule has 0 aliphatic carbocycles. The lowest BCUT2D eigenvalue weighted by molar-refractivity contribution is -0.127. The van der Waals surface area contributed by atoms with Crippen molar-refractivity contribution in [3.05, 3.63) is 70.6 Å². The summed E-state index contributed by atoms with van der Waals surface area (Å²) in [5, 5.41) is 19.7. The van der Waals surface area contributed by atoms with E-state index in [4.69, 9.17) is 4.74 Å². The molecule has 0 aromatic heterocycles. The van der Waals surface area contributed by atoms with Gasteiger partial charge in [-0.2, -0.15) is 9.21 Å². The predicted molar refractivity (Wildman–Crippen MR) is 156 cm³/mol. The van der Waals surface area contributed by atoms with Crippen molar-refractivity contribution in [2.45, 2.75) is 70.7 Å². The molecule has 41 heavy (non-hydrogen) atoms. The van der Waals surface area contributed by atoms with Crippen molar-refractivity contribution >= 4 is 22.0 Å². The van der Waals surface area contributed by atoms with Crippen LogP contribution in [0.5, 0.6) is 0 Å². The Morgan fingerprint density at radius 2 is 1.59 bits per heavy atom. The molecule has 0 bridgehead atoms. The zero-order valence-electron chi connectivity index (χ0n) is 24.5. The number of aliphatic hydroxyl groups is 1. The summed E-state index contributed by atoms with van der Waals surface area (Å²) in [7, 11) is -2.84. The molecule has 12 heteroatoms. The van der Waals surface area contributed by atoms with E-state index < -0.39 is 45.6 Å². The lowest BCUT2D eigenvalue weighted by Crippen LogP contribution is -2.58. The Balaban J connectivity index is 2.40. The van der Waals surface area contributed by atoms with E-state index in [2.05, 4.69) is 15.8 Å². The number of aliphatic hydroxyl groups excluding tert-OH is 1. The number of amides is 2. The fourth-order valence-corrected chi connectivity index (χ4v) is 5.90. The Bertz CT molecular complexity index is 1250. The molecule has 11 nitrogen and oxygen atoms in total. The van der Waals surface area contributed by atoms with E-state index in [1.807, 2.05) is 44.2 Å². The first-order chi connectivity index (χ1) is 19.2. The highest BCUT2D eigenvalue weighted by molar-refractivity contribution is 7.89. The lowest BCUT2D eigenvalue weighted by Gasteiger charge is -2.34. The number of benzene rings is 2. The summed E-state index contributed by atoms with van der Waals surface area (Å²) >= 11 is 0. The first kappa shape index (κ1) is 33.9. The summed E-state index contributed by atoms with van der Waals surface area (Å²) in [5.41, 5.74) is 0.704. The smallest absolute Gasteiger partial charge is 0.407 e. The van der Waals surface area contributed by atoms with E-state index in [9.17, 15) is 28.0 Å². The van der Waals surface area contributed by atoms with Gasteiger partial charge in [0.2, 0.25) is 15.9 Å². The van der Waals surface area contributed by atoms with Gasteiger partial charge in [-0.1, -0.05) is 82.3 Å². The molecule has 0 saturated heterocycles. The molecule has 2 aromatic carbocycles. The highest BCUT2D eigenvalue weighted by atomic mass is 32.2. The second kappa shape index (κ2) is 15.0. The van der Waals surface area contributed by atoms with Gasteiger partial charge in [0, 0.05) is 13.1 Å². The van der Waals surface area contributed by atoms with Crippen LogP contribution in [0.3, 0.4) is 0 Å². The fourth-order valence-electron chi connectivity index (χ4n) is 4.27.